The Kier molecular flexibility index (Phi) is 11.6. The molecule has 1 aliphatic heterocycles. The molecule has 2 aromatic rings. The molecule has 6 N–H and O–H groups in total. The summed E-state index contributed by atoms with van der Waals surface area (Å²) in [5.74, 6) is -3.84. The Morgan fingerprint density at radius 3 is 2.32 bits per heavy atom. The number of amides is 3. The minimum Gasteiger partial charge on any atom is -0.480 e. The Hall–Kier alpha value is -4.45. The van der Waals surface area contributed by atoms with Crippen LogP contribution in [0.3, 0.4) is 0 Å². The fourth-order valence-corrected chi connectivity index (χ4v) is 4.66. The molecule has 1 aliphatic rings. The van der Waals surface area contributed by atoms with E-state index in [2.05, 4.69) is 10.6 Å². The molecule has 0 unspecified atom stereocenters. The first kappa shape index (κ1) is 31.1. The van der Waals surface area contributed by atoms with Crippen molar-refractivity contribution in [2.45, 2.75) is 63.1 Å². The van der Waals surface area contributed by atoms with Gasteiger partial charge in [-0.1, -0.05) is 48.5 Å². The highest BCUT2D eigenvalue weighted by Gasteiger charge is 2.38. The molecule has 3 amide bonds. The average Bonchev–Trinajstić information content (AvgIpc) is 3.35. The van der Waals surface area contributed by atoms with E-state index in [0.29, 0.717) is 37.1 Å². The van der Waals surface area contributed by atoms with Gasteiger partial charge in [0.15, 0.2) is 0 Å². The van der Waals surface area contributed by atoms with Crippen molar-refractivity contribution in [2.24, 2.45) is 5.73 Å². The van der Waals surface area contributed by atoms with Crippen LogP contribution in [0, 0.1) is 0 Å². The molecule has 2 aromatic carbocycles. The number of alkyl carbamates (subject to hydrolysis) is 1. The number of carbonyl (C=O) groups excluding carboxylic acids is 3. The van der Waals surface area contributed by atoms with Crippen LogP contribution in [0.2, 0.25) is 0 Å². The predicted octanol–water partition coefficient (Wildman–Crippen LogP) is 1.85. The molecule has 3 atom stereocenters. The van der Waals surface area contributed by atoms with Crippen LogP contribution in [0.4, 0.5) is 10.5 Å². The number of ether oxygens (including phenoxy) is 1. The molecule has 0 saturated carbocycles. The number of benzene rings is 2. The number of rotatable bonds is 15. The monoisotopic (exact) mass is 568 g/mol. The number of carbonyl (C=O) groups is 5. The third kappa shape index (κ3) is 9.04. The first-order chi connectivity index (χ1) is 19.7. The van der Waals surface area contributed by atoms with Gasteiger partial charge in [-0.05, 0) is 49.4 Å². The fourth-order valence-electron chi connectivity index (χ4n) is 4.66. The molecule has 0 fully saturated rings. The second-order valence-electron chi connectivity index (χ2n) is 9.74. The molecule has 0 saturated heterocycles. The number of fused-ring (bicyclic) bond motifs is 1. The van der Waals surface area contributed by atoms with E-state index < -0.39 is 48.0 Å². The van der Waals surface area contributed by atoms with Crippen molar-refractivity contribution in [3.8, 4) is 0 Å². The summed E-state index contributed by atoms with van der Waals surface area (Å²) in [7, 11) is 0. The molecule has 0 spiro atoms. The number of hydrogen-bond acceptors (Lipinski definition) is 7. The van der Waals surface area contributed by atoms with Crippen LogP contribution in [0.1, 0.15) is 43.2 Å². The van der Waals surface area contributed by atoms with Crippen molar-refractivity contribution in [3.05, 3.63) is 65.7 Å². The number of nitrogens with one attached hydrogen (secondary N) is 2. The number of hydrogen-bond donors (Lipinski definition) is 5. The highest BCUT2D eigenvalue weighted by molar-refractivity contribution is 6.02. The highest BCUT2D eigenvalue weighted by atomic mass is 16.5. The molecule has 220 valence electrons. The van der Waals surface area contributed by atoms with Gasteiger partial charge in [0.1, 0.15) is 18.1 Å². The summed E-state index contributed by atoms with van der Waals surface area (Å²) < 4.78 is 5.21. The largest absolute Gasteiger partial charge is 0.480 e. The number of unbranched alkanes of at least 4 members (excludes halogenated alkanes) is 1. The van der Waals surface area contributed by atoms with Crippen molar-refractivity contribution < 1.29 is 38.9 Å². The molecule has 0 bridgehead atoms. The molecule has 41 heavy (non-hydrogen) atoms. The van der Waals surface area contributed by atoms with Crippen molar-refractivity contribution in [1.82, 2.24) is 10.6 Å². The molecule has 0 aliphatic carbocycles. The SMILES string of the molecule is NCCCC[C@H](NC(=O)OCCc1ccccc1)C(=O)N[C@H](CCC(=O)N1c2ccccc2C[C@H]1C(=O)O)C(=O)O. The van der Waals surface area contributed by atoms with Crippen molar-refractivity contribution in [1.29, 1.82) is 0 Å². The minimum absolute atomic E-state index is 0.0871. The molecule has 0 radical (unpaired) electrons. The standard InChI is InChI=1S/C29H36N4O8/c30-16-7-6-11-21(32-29(40)41-17-15-19-8-2-1-3-9-19)26(35)31-22(27(36)37)13-14-25(34)33-23-12-5-4-10-20(23)18-24(33)28(38)39/h1-5,8-10,12,21-22,24H,6-7,11,13-18,30H2,(H,31,35)(H,32,40)(H,36,37)(H,38,39)/t21-,22+,24-/m0/s1. The van der Waals surface area contributed by atoms with Crippen LogP contribution in [-0.4, -0.2) is 71.3 Å². The Balaban J connectivity index is 1.59. The number of nitrogens with zero attached hydrogens (tertiary/aromatic N) is 1. The number of nitrogens with two attached hydrogens (primary N) is 1. The summed E-state index contributed by atoms with van der Waals surface area (Å²) >= 11 is 0. The van der Waals surface area contributed by atoms with Crippen LogP contribution in [0.25, 0.3) is 0 Å². The first-order valence-electron chi connectivity index (χ1n) is 13.5. The van der Waals surface area contributed by atoms with Crippen LogP contribution >= 0.6 is 0 Å². The van der Waals surface area contributed by atoms with Crippen LogP contribution in [-0.2, 0) is 36.8 Å². The van der Waals surface area contributed by atoms with Gasteiger partial charge in [-0.3, -0.25) is 14.5 Å². The quantitative estimate of drug-likeness (QED) is 0.200. The lowest BCUT2D eigenvalue weighted by Gasteiger charge is -2.24. The van der Waals surface area contributed by atoms with E-state index in [1.54, 1.807) is 24.3 Å². The second-order valence-corrected chi connectivity index (χ2v) is 9.74. The molecule has 12 nitrogen and oxygen atoms in total. The van der Waals surface area contributed by atoms with Gasteiger partial charge in [0.25, 0.3) is 0 Å². The summed E-state index contributed by atoms with van der Waals surface area (Å²) in [4.78, 5) is 63.4. The van der Waals surface area contributed by atoms with E-state index in [1.807, 2.05) is 30.3 Å². The Bertz CT molecular complexity index is 1220. The second kappa shape index (κ2) is 15.4. The zero-order valence-corrected chi connectivity index (χ0v) is 22.7. The van der Waals surface area contributed by atoms with E-state index in [9.17, 15) is 34.2 Å². The van der Waals surface area contributed by atoms with Crippen LogP contribution in [0.5, 0.6) is 0 Å². The maximum atomic E-state index is 13.1. The zero-order chi connectivity index (χ0) is 29.8. The zero-order valence-electron chi connectivity index (χ0n) is 22.7. The lowest BCUT2D eigenvalue weighted by atomic mass is 10.1. The van der Waals surface area contributed by atoms with Crippen molar-refractivity contribution in [2.75, 3.05) is 18.1 Å². The Morgan fingerprint density at radius 2 is 1.63 bits per heavy atom. The van der Waals surface area contributed by atoms with Gasteiger partial charge in [-0.15, -0.1) is 0 Å². The third-order valence-electron chi connectivity index (χ3n) is 6.81. The van der Waals surface area contributed by atoms with E-state index in [1.165, 1.54) is 4.90 Å². The van der Waals surface area contributed by atoms with Gasteiger partial charge in [0.2, 0.25) is 11.8 Å². The number of carboxylic acids is 2. The van der Waals surface area contributed by atoms with Gasteiger partial charge < -0.3 is 31.3 Å². The highest BCUT2D eigenvalue weighted by Crippen LogP contribution is 2.33. The average molecular weight is 569 g/mol. The van der Waals surface area contributed by atoms with Gasteiger partial charge in [-0.2, -0.15) is 0 Å². The summed E-state index contributed by atoms with van der Waals surface area (Å²) in [6.45, 7) is 0.469. The number of anilines is 1. The number of carboxylic acid groups (broad SMARTS) is 2. The van der Waals surface area contributed by atoms with Crippen molar-refractivity contribution >= 4 is 35.5 Å². The van der Waals surface area contributed by atoms with Crippen molar-refractivity contribution in [3.63, 3.8) is 0 Å². The lowest BCUT2D eigenvalue weighted by molar-refractivity contribution is -0.143. The van der Waals surface area contributed by atoms with E-state index in [-0.39, 0.29) is 32.3 Å². The molecular formula is C29H36N4O8. The maximum Gasteiger partial charge on any atom is 0.407 e. The third-order valence-corrected chi connectivity index (χ3v) is 6.81. The van der Waals surface area contributed by atoms with Crippen LogP contribution in [0.15, 0.2) is 54.6 Å². The van der Waals surface area contributed by atoms with Gasteiger partial charge >= 0.3 is 18.0 Å². The minimum atomic E-state index is -1.44. The Morgan fingerprint density at radius 1 is 0.927 bits per heavy atom. The molecule has 1 heterocycles. The topological polar surface area (TPSA) is 188 Å². The summed E-state index contributed by atoms with van der Waals surface area (Å²) in [6.07, 6.45) is 0.513. The Labute approximate surface area is 237 Å². The van der Waals surface area contributed by atoms with E-state index in [4.69, 9.17) is 10.5 Å². The van der Waals surface area contributed by atoms with Crippen LogP contribution < -0.4 is 21.3 Å². The van der Waals surface area contributed by atoms with Gasteiger partial charge in [0.05, 0.1) is 6.61 Å². The molecular weight excluding hydrogens is 532 g/mol. The smallest absolute Gasteiger partial charge is 0.407 e. The maximum absolute atomic E-state index is 13.1. The first-order valence-corrected chi connectivity index (χ1v) is 13.5. The fraction of sp³-hybridized carbons (Fsp3) is 0.414. The van der Waals surface area contributed by atoms with E-state index in [0.717, 1.165) is 5.56 Å². The van der Waals surface area contributed by atoms with Gasteiger partial charge in [-0.25, -0.2) is 14.4 Å². The molecule has 3 rings (SSSR count). The van der Waals surface area contributed by atoms with E-state index >= 15 is 0 Å². The predicted molar refractivity (Wildman–Crippen MR) is 149 cm³/mol. The number of aliphatic carboxylic acids is 2. The summed E-state index contributed by atoms with van der Waals surface area (Å²) in [6, 6.07) is 12.6. The normalized spacial score (nSPS) is 15.3. The number of para-hydroxylation sites is 1. The summed E-state index contributed by atoms with van der Waals surface area (Å²) in [5, 5.41) is 24.3. The molecule has 12 heteroatoms. The van der Waals surface area contributed by atoms with Gasteiger partial charge in [0, 0.05) is 24.9 Å². The summed E-state index contributed by atoms with van der Waals surface area (Å²) in [5.41, 5.74) is 7.70. The molecule has 0 aromatic heterocycles. The lowest BCUT2D eigenvalue weighted by Crippen LogP contribution is -2.52.